The first kappa shape index (κ1) is 16.5. The zero-order chi connectivity index (χ0) is 14.5. The average molecular weight is 265 g/mol. The monoisotopic (exact) mass is 265 g/mol. The van der Waals surface area contributed by atoms with E-state index < -0.39 is 0 Å². The van der Waals surface area contributed by atoms with Gasteiger partial charge in [0.05, 0.1) is 12.2 Å². The van der Waals surface area contributed by atoms with E-state index in [1.54, 1.807) is 0 Å². The van der Waals surface area contributed by atoms with E-state index in [0.29, 0.717) is 6.10 Å². The summed E-state index contributed by atoms with van der Waals surface area (Å²) in [5.74, 6) is 0. The summed E-state index contributed by atoms with van der Waals surface area (Å²) in [4.78, 5) is 0. The molecule has 2 nitrogen and oxygen atoms in total. The highest BCUT2D eigenvalue weighted by Gasteiger charge is 2.38. The van der Waals surface area contributed by atoms with E-state index >= 15 is 0 Å². The second-order valence-electron chi connectivity index (χ2n) is 7.05. The SMILES string of the molecule is C=CCCCC(C=C)OC1CC(C)(C)NC(C)(C)C1. The van der Waals surface area contributed by atoms with Crippen molar-refractivity contribution in [1.29, 1.82) is 0 Å². The maximum atomic E-state index is 6.27. The lowest BCUT2D eigenvalue weighted by atomic mass is 9.81. The normalized spacial score (nSPS) is 23.8. The van der Waals surface area contributed by atoms with Crippen LogP contribution in [-0.4, -0.2) is 23.3 Å². The third-order valence-electron chi connectivity index (χ3n) is 3.68. The van der Waals surface area contributed by atoms with Crippen LogP contribution >= 0.6 is 0 Å². The summed E-state index contributed by atoms with van der Waals surface area (Å²) in [5.41, 5.74) is 0.276. The largest absolute Gasteiger partial charge is 0.371 e. The Morgan fingerprint density at radius 1 is 1.21 bits per heavy atom. The lowest BCUT2D eigenvalue weighted by molar-refractivity contribution is -0.0496. The summed E-state index contributed by atoms with van der Waals surface area (Å²) in [6, 6.07) is 0. The Kier molecular flexibility index (Phi) is 5.82. The number of piperidine rings is 1. The molecule has 0 spiro atoms. The number of rotatable bonds is 7. The zero-order valence-corrected chi connectivity index (χ0v) is 13.2. The Balaban J connectivity index is 2.53. The molecule has 0 aromatic carbocycles. The van der Waals surface area contributed by atoms with Gasteiger partial charge in [-0.05, 0) is 59.8 Å². The van der Waals surface area contributed by atoms with Crippen LogP contribution in [0.25, 0.3) is 0 Å². The minimum Gasteiger partial charge on any atom is -0.371 e. The molecule has 0 radical (unpaired) electrons. The summed E-state index contributed by atoms with van der Waals surface area (Å²) in [7, 11) is 0. The predicted octanol–water partition coefficient (Wildman–Crippen LogP) is 4.22. The highest BCUT2D eigenvalue weighted by atomic mass is 16.5. The highest BCUT2D eigenvalue weighted by molar-refractivity contribution is 4.98. The molecule has 1 N–H and O–H groups in total. The molecule has 0 aromatic heterocycles. The molecule has 1 aliphatic heterocycles. The minimum absolute atomic E-state index is 0.138. The van der Waals surface area contributed by atoms with Crippen molar-refractivity contribution in [3.63, 3.8) is 0 Å². The molecule has 0 aromatic rings. The van der Waals surface area contributed by atoms with Gasteiger partial charge in [-0.2, -0.15) is 0 Å². The molecule has 1 heterocycles. The molecule has 1 atom stereocenters. The molecule has 0 saturated carbocycles. The fraction of sp³-hybridized carbons (Fsp3) is 0.765. The van der Waals surface area contributed by atoms with Gasteiger partial charge in [0.1, 0.15) is 0 Å². The van der Waals surface area contributed by atoms with Crippen LogP contribution in [0.3, 0.4) is 0 Å². The Labute approximate surface area is 119 Å². The summed E-state index contributed by atoms with van der Waals surface area (Å²) in [6.45, 7) is 16.7. The first-order chi connectivity index (χ1) is 8.78. The van der Waals surface area contributed by atoms with Crippen molar-refractivity contribution in [3.05, 3.63) is 25.3 Å². The van der Waals surface area contributed by atoms with Gasteiger partial charge >= 0.3 is 0 Å². The van der Waals surface area contributed by atoms with Gasteiger partial charge in [-0.3, -0.25) is 0 Å². The van der Waals surface area contributed by atoms with Crippen molar-refractivity contribution in [2.75, 3.05) is 0 Å². The number of unbranched alkanes of at least 4 members (excludes halogenated alkanes) is 1. The Bertz CT molecular complexity index is 290. The van der Waals surface area contributed by atoms with Crippen molar-refractivity contribution in [1.82, 2.24) is 5.32 Å². The molecule has 1 fully saturated rings. The summed E-state index contributed by atoms with van der Waals surface area (Å²) >= 11 is 0. The minimum atomic E-state index is 0.138. The molecule has 1 aliphatic rings. The fourth-order valence-corrected chi connectivity index (χ4v) is 3.28. The Morgan fingerprint density at radius 3 is 2.26 bits per heavy atom. The third-order valence-corrected chi connectivity index (χ3v) is 3.68. The highest BCUT2D eigenvalue weighted by Crippen LogP contribution is 2.31. The van der Waals surface area contributed by atoms with Crippen LogP contribution in [0, 0.1) is 0 Å². The molecule has 19 heavy (non-hydrogen) atoms. The van der Waals surface area contributed by atoms with E-state index in [4.69, 9.17) is 4.74 Å². The molecular weight excluding hydrogens is 234 g/mol. The van der Waals surface area contributed by atoms with Crippen LogP contribution < -0.4 is 5.32 Å². The van der Waals surface area contributed by atoms with Gasteiger partial charge in [0.15, 0.2) is 0 Å². The second kappa shape index (κ2) is 6.71. The van der Waals surface area contributed by atoms with E-state index in [1.807, 2.05) is 12.2 Å². The third kappa shape index (κ3) is 5.92. The lowest BCUT2D eigenvalue weighted by Crippen LogP contribution is -2.59. The van der Waals surface area contributed by atoms with Gasteiger partial charge in [0.2, 0.25) is 0 Å². The van der Waals surface area contributed by atoms with E-state index in [1.165, 1.54) is 0 Å². The first-order valence-electron chi connectivity index (χ1n) is 7.46. The molecule has 0 amide bonds. The van der Waals surface area contributed by atoms with Crippen LogP contribution in [0.4, 0.5) is 0 Å². The molecule has 1 unspecified atom stereocenters. The number of allylic oxidation sites excluding steroid dienone is 1. The van der Waals surface area contributed by atoms with Crippen molar-refractivity contribution < 1.29 is 4.74 Å². The number of hydrogen-bond acceptors (Lipinski definition) is 2. The molecule has 1 rings (SSSR count). The molecule has 2 heteroatoms. The number of hydrogen-bond donors (Lipinski definition) is 1. The van der Waals surface area contributed by atoms with Crippen molar-refractivity contribution in [2.45, 2.75) is 83.1 Å². The number of ether oxygens (including phenoxy) is 1. The van der Waals surface area contributed by atoms with E-state index in [2.05, 4.69) is 46.2 Å². The topological polar surface area (TPSA) is 21.3 Å². The lowest BCUT2D eigenvalue weighted by Gasteiger charge is -2.46. The standard InChI is InChI=1S/C17H31NO/c1-7-9-10-11-14(8-2)19-15-12-16(3,4)18-17(5,6)13-15/h7-8,14-15,18H,1-2,9-13H2,3-6H3. The summed E-state index contributed by atoms with van der Waals surface area (Å²) in [6.07, 6.45) is 9.74. The van der Waals surface area contributed by atoms with Crippen LogP contribution in [0.2, 0.25) is 0 Å². The van der Waals surface area contributed by atoms with E-state index in [0.717, 1.165) is 32.1 Å². The molecule has 110 valence electrons. The van der Waals surface area contributed by atoms with Crippen LogP contribution in [0.15, 0.2) is 25.3 Å². The van der Waals surface area contributed by atoms with Crippen LogP contribution in [0.1, 0.15) is 59.8 Å². The maximum absolute atomic E-state index is 6.27. The summed E-state index contributed by atoms with van der Waals surface area (Å²) < 4.78 is 6.27. The average Bonchev–Trinajstić information content (AvgIpc) is 2.23. The van der Waals surface area contributed by atoms with Gasteiger partial charge in [0, 0.05) is 11.1 Å². The molecule has 0 bridgehead atoms. The number of nitrogens with one attached hydrogen (secondary N) is 1. The Hall–Kier alpha value is -0.600. The van der Waals surface area contributed by atoms with E-state index in [9.17, 15) is 0 Å². The predicted molar refractivity (Wildman–Crippen MR) is 83.4 cm³/mol. The maximum Gasteiger partial charge on any atom is 0.0757 e. The van der Waals surface area contributed by atoms with E-state index in [-0.39, 0.29) is 17.2 Å². The van der Waals surface area contributed by atoms with Gasteiger partial charge in [-0.25, -0.2) is 0 Å². The summed E-state index contributed by atoms with van der Waals surface area (Å²) in [5, 5.41) is 3.69. The first-order valence-corrected chi connectivity index (χ1v) is 7.46. The van der Waals surface area contributed by atoms with Crippen molar-refractivity contribution >= 4 is 0 Å². The fourth-order valence-electron chi connectivity index (χ4n) is 3.28. The van der Waals surface area contributed by atoms with Gasteiger partial charge in [0.25, 0.3) is 0 Å². The zero-order valence-electron chi connectivity index (χ0n) is 13.2. The van der Waals surface area contributed by atoms with Crippen LogP contribution in [-0.2, 0) is 4.74 Å². The quantitative estimate of drug-likeness (QED) is 0.549. The Morgan fingerprint density at radius 2 is 1.79 bits per heavy atom. The smallest absolute Gasteiger partial charge is 0.0757 e. The molecular formula is C17H31NO. The second-order valence-corrected chi connectivity index (χ2v) is 7.05. The van der Waals surface area contributed by atoms with Crippen molar-refractivity contribution in [2.24, 2.45) is 0 Å². The van der Waals surface area contributed by atoms with Gasteiger partial charge in [-0.1, -0.05) is 12.2 Å². The van der Waals surface area contributed by atoms with Crippen molar-refractivity contribution in [3.8, 4) is 0 Å². The molecule has 0 aliphatic carbocycles. The molecule has 1 saturated heterocycles. The van der Waals surface area contributed by atoms with Crippen LogP contribution in [0.5, 0.6) is 0 Å². The van der Waals surface area contributed by atoms with Gasteiger partial charge in [-0.15, -0.1) is 13.2 Å². The van der Waals surface area contributed by atoms with Gasteiger partial charge < -0.3 is 10.1 Å².